The summed E-state index contributed by atoms with van der Waals surface area (Å²) >= 11 is 0. The molecule has 1 N–H and O–H groups in total. The lowest BCUT2D eigenvalue weighted by Crippen LogP contribution is -2.31. The molecule has 5 heteroatoms. The Morgan fingerprint density at radius 2 is 1.94 bits per heavy atom. The fourth-order valence-corrected chi connectivity index (χ4v) is 1.79. The Labute approximate surface area is 94.5 Å². The standard InChI is InChI=1S/C11H20F3NO/c1-9(2)10(3-4-10)7-15-5-6-16-8-11(12,13)14/h9,15H,3-8H2,1-2H3. The third-order valence-electron chi connectivity index (χ3n) is 3.28. The summed E-state index contributed by atoms with van der Waals surface area (Å²) in [6, 6.07) is 0. The molecule has 0 amide bonds. The number of nitrogens with one attached hydrogen (secondary N) is 1. The van der Waals surface area contributed by atoms with Gasteiger partial charge in [-0.15, -0.1) is 0 Å². The van der Waals surface area contributed by atoms with Gasteiger partial charge in [-0.05, 0) is 24.2 Å². The van der Waals surface area contributed by atoms with E-state index >= 15 is 0 Å². The molecule has 0 radical (unpaired) electrons. The van der Waals surface area contributed by atoms with Gasteiger partial charge in [0.1, 0.15) is 6.61 Å². The molecule has 1 fully saturated rings. The van der Waals surface area contributed by atoms with Crippen molar-refractivity contribution in [1.29, 1.82) is 0 Å². The maximum absolute atomic E-state index is 11.7. The average molecular weight is 239 g/mol. The van der Waals surface area contributed by atoms with Gasteiger partial charge in [0.15, 0.2) is 0 Å². The van der Waals surface area contributed by atoms with Gasteiger partial charge in [0.05, 0.1) is 6.61 Å². The van der Waals surface area contributed by atoms with Gasteiger partial charge in [0.25, 0.3) is 0 Å². The van der Waals surface area contributed by atoms with Crippen molar-refractivity contribution in [2.45, 2.75) is 32.9 Å². The minimum atomic E-state index is -4.21. The monoisotopic (exact) mass is 239 g/mol. The highest BCUT2D eigenvalue weighted by atomic mass is 19.4. The highest BCUT2D eigenvalue weighted by Gasteiger charge is 2.44. The predicted octanol–water partition coefficient (Wildman–Crippen LogP) is 2.59. The van der Waals surface area contributed by atoms with E-state index in [9.17, 15) is 13.2 Å². The van der Waals surface area contributed by atoms with Crippen molar-refractivity contribution in [3.05, 3.63) is 0 Å². The van der Waals surface area contributed by atoms with Crippen molar-refractivity contribution < 1.29 is 17.9 Å². The van der Waals surface area contributed by atoms with Crippen molar-refractivity contribution in [2.75, 3.05) is 26.3 Å². The van der Waals surface area contributed by atoms with Crippen molar-refractivity contribution in [3.8, 4) is 0 Å². The first-order valence-corrected chi connectivity index (χ1v) is 5.71. The van der Waals surface area contributed by atoms with Gasteiger partial charge in [-0.1, -0.05) is 13.8 Å². The Morgan fingerprint density at radius 3 is 2.38 bits per heavy atom. The maximum atomic E-state index is 11.7. The number of rotatable bonds is 7. The lowest BCUT2D eigenvalue weighted by molar-refractivity contribution is -0.173. The van der Waals surface area contributed by atoms with Crippen LogP contribution in [0, 0.1) is 11.3 Å². The quantitative estimate of drug-likeness (QED) is 0.689. The SMILES string of the molecule is CC(C)C1(CNCCOCC(F)(F)F)CC1. The molecule has 1 rings (SSSR count). The Hall–Kier alpha value is -0.290. The number of hydrogen-bond acceptors (Lipinski definition) is 2. The Bertz CT molecular complexity index is 212. The molecule has 0 aromatic heterocycles. The zero-order chi connectivity index (χ0) is 12.2. The molecule has 2 nitrogen and oxygen atoms in total. The van der Waals surface area contributed by atoms with Gasteiger partial charge in [-0.3, -0.25) is 0 Å². The Kier molecular flexibility index (Phi) is 4.62. The van der Waals surface area contributed by atoms with Gasteiger partial charge in [-0.25, -0.2) is 0 Å². The molecule has 96 valence electrons. The van der Waals surface area contributed by atoms with Crippen molar-refractivity contribution in [2.24, 2.45) is 11.3 Å². The van der Waals surface area contributed by atoms with E-state index in [0.29, 0.717) is 17.9 Å². The largest absolute Gasteiger partial charge is 0.411 e. The minimum Gasteiger partial charge on any atom is -0.371 e. The van der Waals surface area contributed by atoms with Crippen LogP contribution in [0.3, 0.4) is 0 Å². The van der Waals surface area contributed by atoms with E-state index in [1.54, 1.807) is 0 Å². The second-order valence-corrected chi connectivity index (χ2v) is 4.86. The molecule has 0 aliphatic heterocycles. The third-order valence-corrected chi connectivity index (χ3v) is 3.28. The van der Waals surface area contributed by atoms with Gasteiger partial charge in [-0.2, -0.15) is 13.2 Å². The highest BCUT2D eigenvalue weighted by molar-refractivity contribution is 4.96. The molecular weight excluding hydrogens is 219 g/mol. The zero-order valence-electron chi connectivity index (χ0n) is 9.86. The Balaban J connectivity index is 1.97. The third kappa shape index (κ3) is 4.70. The topological polar surface area (TPSA) is 21.3 Å². The van der Waals surface area contributed by atoms with E-state index in [0.717, 1.165) is 6.54 Å². The number of alkyl halides is 3. The molecule has 16 heavy (non-hydrogen) atoms. The molecule has 0 saturated heterocycles. The smallest absolute Gasteiger partial charge is 0.371 e. The van der Waals surface area contributed by atoms with Crippen LogP contribution < -0.4 is 5.32 Å². The summed E-state index contributed by atoms with van der Waals surface area (Å²) in [5.74, 6) is 0.635. The van der Waals surface area contributed by atoms with Crippen molar-refractivity contribution >= 4 is 0 Å². The number of ether oxygens (including phenoxy) is 1. The first-order chi connectivity index (χ1) is 7.36. The molecule has 0 spiro atoms. The predicted molar refractivity (Wildman–Crippen MR) is 56.2 cm³/mol. The van der Waals surface area contributed by atoms with Crippen LogP contribution in [0.15, 0.2) is 0 Å². The molecule has 1 saturated carbocycles. The molecule has 0 unspecified atom stereocenters. The van der Waals surface area contributed by atoms with Gasteiger partial charge >= 0.3 is 6.18 Å². The molecular formula is C11H20F3NO. The van der Waals surface area contributed by atoms with E-state index in [1.807, 2.05) is 0 Å². The summed E-state index contributed by atoms with van der Waals surface area (Å²) < 4.78 is 39.7. The number of hydrogen-bond donors (Lipinski definition) is 1. The first kappa shape index (κ1) is 13.8. The lowest BCUT2D eigenvalue weighted by Gasteiger charge is -2.20. The van der Waals surface area contributed by atoms with Gasteiger partial charge in [0, 0.05) is 13.1 Å². The van der Waals surface area contributed by atoms with Crippen LogP contribution >= 0.6 is 0 Å². The summed E-state index contributed by atoms with van der Waals surface area (Å²) in [5.41, 5.74) is 0.393. The lowest BCUT2D eigenvalue weighted by atomic mass is 9.92. The zero-order valence-corrected chi connectivity index (χ0v) is 9.86. The molecule has 0 aromatic carbocycles. The molecule has 1 aliphatic rings. The fourth-order valence-electron chi connectivity index (χ4n) is 1.79. The summed E-state index contributed by atoms with van der Waals surface area (Å²) in [7, 11) is 0. The van der Waals surface area contributed by atoms with Crippen LogP contribution in [-0.2, 0) is 4.74 Å². The van der Waals surface area contributed by atoms with Crippen LogP contribution in [0.4, 0.5) is 13.2 Å². The fraction of sp³-hybridized carbons (Fsp3) is 1.00. The second-order valence-electron chi connectivity index (χ2n) is 4.86. The van der Waals surface area contributed by atoms with E-state index in [2.05, 4.69) is 23.9 Å². The van der Waals surface area contributed by atoms with E-state index in [4.69, 9.17) is 0 Å². The number of halogens is 3. The molecule has 0 bridgehead atoms. The maximum Gasteiger partial charge on any atom is 0.411 e. The summed E-state index contributed by atoms with van der Waals surface area (Å²) in [6.45, 7) is 4.73. The second kappa shape index (κ2) is 5.36. The molecule has 0 aromatic rings. The minimum absolute atomic E-state index is 0.119. The van der Waals surface area contributed by atoms with Crippen LogP contribution in [0.1, 0.15) is 26.7 Å². The van der Waals surface area contributed by atoms with Crippen molar-refractivity contribution in [1.82, 2.24) is 5.32 Å². The normalized spacial score (nSPS) is 19.1. The van der Waals surface area contributed by atoms with E-state index < -0.39 is 12.8 Å². The van der Waals surface area contributed by atoms with Crippen LogP contribution in [0.2, 0.25) is 0 Å². The summed E-state index contributed by atoms with van der Waals surface area (Å²) in [4.78, 5) is 0. The molecule has 0 atom stereocenters. The highest BCUT2D eigenvalue weighted by Crippen LogP contribution is 2.51. The molecule has 0 heterocycles. The summed E-state index contributed by atoms with van der Waals surface area (Å²) in [5, 5.41) is 3.16. The molecule has 1 aliphatic carbocycles. The average Bonchev–Trinajstić information content (AvgIpc) is 2.90. The van der Waals surface area contributed by atoms with Gasteiger partial charge in [0.2, 0.25) is 0 Å². The van der Waals surface area contributed by atoms with Crippen LogP contribution in [0.25, 0.3) is 0 Å². The van der Waals surface area contributed by atoms with Crippen LogP contribution in [0.5, 0.6) is 0 Å². The van der Waals surface area contributed by atoms with Gasteiger partial charge < -0.3 is 10.1 Å². The first-order valence-electron chi connectivity index (χ1n) is 5.71. The van der Waals surface area contributed by atoms with E-state index in [1.165, 1.54) is 12.8 Å². The van der Waals surface area contributed by atoms with Crippen LogP contribution in [-0.4, -0.2) is 32.5 Å². The van der Waals surface area contributed by atoms with Crippen molar-refractivity contribution in [3.63, 3.8) is 0 Å². The van der Waals surface area contributed by atoms with E-state index in [-0.39, 0.29) is 6.61 Å². The Morgan fingerprint density at radius 1 is 1.31 bits per heavy atom. The summed E-state index contributed by atoms with van der Waals surface area (Å²) in [6.07, 6.45) is -1.77.